The zero-order valence-electron chi connectivity index (χ0n) is 15.9. The number of phenolic OH excluding ortho intramolecular Hbond substituents is 1. The summed E-state index contributed by atoms with van der Waals surface area (Å²) in [4.78, 5) is 14.2. The molecular formula is C21H25NO5. The van der Waals surface area contributed by atoms with Crippen LogP contribution >= 0.6 is 0 Å². The molecule has 6 heteroatoms. The maximum absolute atomic E-state index is 12.1. The molecule has 1 aliphatic rings. The van der Waals surface area contributed by atoms with Crippen LogP contribution in [0, 0.1) is 0 Å². The largest absolute Gasteiger partial charge is 0.508 e. The van der Waals surface area contributed by atoms with Crippen LogP contribution < -0.4 is 14.2 Å². The summed E-state index contributed by atoms with van der Waals surface area (Å²) in [5.74, 6) is 1.34. The molecule has 0 spiro atoms. The van der Waals surface area contributed by atoms with Gasteiger partial charge in [-0.15, -0.1) is 0 Å². The van der Waals surface area contributed by atoms with E-state index in [0.717, 1.165) is 24.1 Å². The van der Waals surface area contributed by atoms with Crippen molar-refractivity contribution >= 4 is 5.97 Å². The molecule has 1 N–H and O–H groups in total. The number of fused-ring (bicyclic) bond motifs is 1. The Labute approximate surface area is 159 Å². The first-order valence-corrected chi connectivity index (χ1v) is 8.97. The summed E-state index contributed by atoms with van der Waals surface area (Å²) >= 11 is 0. The molecule has 144 valence electrons. The second-order valence-electron chi connectivity index (χ2n) is 6.86. The number of esters is 1. The highest BCUT2D eigenvalue weighted by atomic mass is 16.5. The summed E-state index contributed by atoms with van der Waals surface area (Å²) in [6, 6.07) is 10.5. The van der Waals surface area contributed by atoms with Gasteiger partial charge in [0.15, 0.2) is 0 Å². The van der Waals surface area contributed by atoms with Crippen molar-refractivity contribution < 1.29 is 24.1 Å². The van der Waals surface area contributed by atoms with Gasteiger partial charge in [-0.05, 0) is 32.6 Å². The number of nitrogens with zero attached hydrogens (tertiary/aromatic N) is 1. The van der Waals surface area contributed by atoms with Crippen molar-refractivity contribution in [2.45, 2.75) is 18.8 Å². The quantitative estimate of drug-likeness (QED) is 0.458. The minimum absolute atomic E-state index is 0.0667. The Morgan fingerprint density at radius 3 is 2.70 bits per heavy atom. The van der Waals surface area contributed by atoms with Crippen molar-refractivity contribution in [3.05, 3.63) is 47.5 Å². The highest BCUT2D eigenvalue weighted by Gasteiger charge is 2.30. The Morgan fingerprint density at radius 2 is 1.96 bits per heavy atom. The fourth-order valence-corrected chi connectivity index (χ4v) is 3.24. The van der Waals surface area contributed by atoms with Crippen molar-refractivity contribution in [2.75, 3.05) is 34.4 Å². The molecule has 0 aliphatic carbocycles. The van der Waals surface area contributed by atoms with Gasteiger partial charge in [0.1, 0.15) is 23.0 Å². The van der Waals surface area contributed by atoms with Crippen LogP contribution in [0.3, 0.4) is 0 Å². The number of carbonyl (C=O) groups excluding carboxylic acids is 1. The number of carbonyl (C=O) groups is 1. The third-order valence-corrected chi connectivity index (χ3v) is 4.57. The topological polar surface area (TPSA) is 68.2 Å². The fourth-order valence-electron chi connectivity index (χ4n) is 3.24. The number of ether oxygens (including phenoxy) is 3. The second kappa shape index (κ2) is 8.31. The second-order valence-corrected chi connectivity index (χ2v) is 6.86. The average molecular weight is 371 g/mol. The Bertz CT molecular complexity index is 818. The van der Waals surface area contributed by atoms with Crippen LogP contribution in [0.1, 0.15) is 29.9 Å². The van der Waals surface area contributed by atoms with Crippen molar-refractivity contribution in [3.63, 3.8) is 0 Å². The molecule has 1 heterocycles. The molecule has 0 fully saturated rings. The lowest BCUT2D eigenvalue weighted by molar-refractivity contribution is -0.135. The van der Waals surface area contributed by atoms with E-state index in [0.29, 0.717) is 23.9 Å². The lowest BCUT2D eigenvalue weighted by Crippen LogP contribution is -2.21. The summed E-state index contributed by atoms with van der Waals surface area (Å²) in [7, 11) is 5.66. The molecule has 2 aromatic rings. The SMILES string of the molecule is COc1ccc(C2CC(=O)Oc3cc(O)ccc32)c(OCCCN(C)C)c1. The summed E-state index contributed by atoms with van der Waals surface area (Å²) in [5.41, 5.74) is 1.76. The smallest absolute Gasteiger partial charge is 0.312 e. The molecule has 3 rings (SSSR count). The third kappa shape index (κ3) is 4.52. The van der Waals surface area contributed by atoms with E-state index < -0.39 is 0 Å². The van der Waals surface area contributed by atoms with Gasteiger partial charge in [-0.25, -0.2) is 0 Å². The van der Waals surface area contributed by atoms with E-state index in [4.69, 9.17) is 14.2 Å². The number of hydrogen-bond donors (Lipinski definition) is 1. The number of methoxy groups -OCH3 is 1. The summed E-state index contributed by atoms with van der Waals surface area (Å²) in [5, 5.41) is 9.71. The lowest BCUT2D eigenvalue weighted by Gasteiger charge is -2.26. The molecule has 0 saturated carbocycles. The average Bonchev–Trinajstić information content (AvgIpc) is 2.64. The molecule has 1 atom stereocenters. The Kier molecular flexibility index (Phi) is 5.86. The van der Waals surface area contributed by atoms with E-state index in [2.05, 4.69) is 4.90 Å². The molecule has 1 unspecified atom stereocenters. The van der Waals surface area contributed by atoms with E-state index >= 15 is 0 Å². The molecular weight excluding hydrogens is 346 g/mol. The van der Waals surface area contributed by atoms with Crippen molar-refractivity contribution in [1.29, 1.82) is 0 Å². The number of phenols is 1. The maximum atomic E-state index is 12.1. The molecule has 27 heavy (non-hydrogen) atoms. The molecule has 6 nitrogen and oxygen atoms in total. The predicted molar refractivity (Wildman–Crippen MR) is 102 cm³/mol. The highest BCUT2D eigenvalue weighted by molar-refractivity contribution is 5.78. The van der Waals surface area contributed by atoms with Crippen LogP contribution in [0.2, 0.25) is 0 Å². The van der Waals surface area contributed by atoms with Gasteiger partial charge in [-0.2, -0.15) is 0 Å². The Balaban J connectivity index is 1.92. The maximum Gasteiger partial charge on any atom is 0.312 e. The number of benzene rings is 2. The number of hydrogen-bond acceptors (Lipinski definition) is 6. The predicted octanol–water partition coefficient (Wildman–Crippen LogP) is 3.17. The molecule has 0 bridgehead atoms. The zero-order chi connectivity index (χ0) is 19.4. The first kappa shape index (κ1) is 19.0. The third-order valence-electron chi connectivity index (χ3n) is 4.57. The van der Waals surface area contributed by atoms with Crippen LogP contribution in [0.5, 0.6) is 23.0 Å². The lowest BCUT2D eigenvalue weighted by atomic mass is 9.85. The van der Waals surface area contributed by atoms with E-state index in [1.807, 2.05) is 32.3 Å². The van der Waals surface area contributed by atoms with Gasteiger partial charge >= 0.3 is 5.97 Å². The van der Waals surface area contributed by atoms with Crippen molar-refractivity contribution in [2.24, 2.45) is 0 Å². The molecule has 0 saturated heterocycles. The van der Waals surface area contributed by atoms with Gasteiger partial charge in [-0.3, -0.25) is 4.79 Å². The minimum Gasteiger partial charge on any atom is -0.508 e. The monoisotopic (exact) mass is 371 g/mol. The normalized spacial score (nSPS) is 16.0. The number of aromatic hydroxyl groups is 1. The van der Waals surface area contributed by atoms with Gasteiger partial charge in [0, 0.05) is 35.7 Å². The van der Waals surface area contributed by atoms with Crippen LogP contribution in [-0.4, -0.2) is 50.3 Å². The van der Waals surface area contributed by atoms with Crippen LogP contribution in [0.25, 0.3) is 0 Å². The van der Waals surface area contributed by atoms with Crippen LogP contribution in [-0.2, 0) is 4.79 Å². The van der Waals surface area contributed by atoms with Crippen LogP contribution in [0.4, 0.5) is 0 Å². The van der Waals surface area contributed by atoms with Gasteiger partial charge in [0.05, 0.1) is 20.1 Å². The number of rotatable bonds is 7. The molecule has 1 aliphatic heterocycles. The van der Waals surface area contributed by atoms with Gasteiger partial charge in [-0.1, -0.05) is 12.1 Å². The minimum atomic E-state index is -0.326. The standard InChI is InChI=1S/C21H25NO5/c1-22(2)9-4-10-26-19-12-15(25-3)6-8-16(19)18-13-21(24)27-20-11-14(23)5-7-17(18)20/h5-8,11-12,18,23H,4,9-10,13H2,1-3H3. The fraction of sp³-hybridized carbons (Fsp3) is 0.381. The van der Waals surface area contributed by atoms with E-state index in [1.54, 1.807) is 19.2 Å². The van der Waals surface area contributed by atoms with E-state index in [1.165, 1.54) is 6.07 Å². The summed E-state index contributed by atoms with van der Waals surface area (Å²) in [6.45, 7) is 1.50. The van der Waals surface area contributed by atoms with Crippen molar-refractivity contribution in [3.8, 4) is 23.0 Å². The molecule has 2 aromatic carbocycles. The van der Waals surface area contributed by atoms with E-state index in [9.17, 15) is 9.90 Å². The Morgan fingerprint density at radius 1 is 1.19 bits per heavy atom. The molecule has 0 radical (unpaired) electrons. The van der Waals surface area contributed by atoms with Gasteiger partial charge < -0.3 is 24.2 Å². The molecule has 0 aromatic heterocycles. The summed E-state index contributed by atoms with van der Waals surface area (Å²) < 4.78 is 16.7. The van der Waals surface area contributed by atoms with Crippen molar-refractivity contribution in [1.82, 2.24) is 4.90 Å². The summed E-state index contributed by atoms with van der Waals surface area (Å²) in [6.07, 6.45) is 1.11. The first-order valence-electron chi connectivity index (χ1n) is 8.97. The van der Waals surface area contributed by atoms with Gasteiger partial charge in [0.2, 0.25) is 0 Å². The zero-order valence-corrected chi connectivity index (χ0v) is 15.9. The van der Waals surface area contributed by atoms with Gasteiger partial charge in [0.25, 0.3) is 0 Å². The Hall–Kier alpha value is -2.73. The first-order chi connectivity index (χ1) is 13.0. The van der Waals surface area contributed by atoms with E-state index in [-0.39, 0.29) is 24.1 Å². The highest BCUT2D eigenvalue weighted by Crippen LogP contribution is 2.44. The van der Waals surface area contributed by atoms with Crippen LogP contribution in [0.15, 0.2) is 36.4 Å². The molecule has 0 amide bonds.